The summed E-state index contributed by atoms with van der Waals surface area (Å²) >= 11 is 1.01. The Hall–Kier alpha value is -3.06. The van der Waals surface area contributed by atoms with E-state index in [4.69, 9.17) is 0 Å². The van der Waals surface area contributed by atoms with E-state index in [0.717, 1.165) is 16.7 Å². The molecule has 0 spiro atoms. The highest BCUT2D eigenvalue weighted by Gasteiger charge is 2.08. The largest absolute Gasteiger partial charge is 0.324 e. The number of benzene rings is 1. The van der Waals surface area contributed by atoms with Crippen molar-refractivity contribution in [2.75, 3.05) is 5.32 Å². The molecule has 0 saturated carbocycles. The van der Waals surface area contributed by atoms with E-state index in [1.54, 1.807) is 24.4 Å². The Morgan fingerprint density at radius 3 is 2.83 bits per heavy atom. The lowest BCUT2D eigenvalue weighted by Gasteiger charge is -2.05. The number of nitrogens with one attached hydrogen (secondary N) is 1. The number of aromatic nitrogens is 1. The molecule has 1 amide bonds. The zero-order chi connectivity index (χ0) is 16.2. The van der Waals surface area contributed by atoms with Crippen molar-refractivity contribution in [2.24, 2.45) is 0 Å². The van der Waals surface area contributed by atoms with Crippen molar-refractivity contribution in [3.63, 3.8) is 0 Å². The van der Waals surface area contributed by atoms with E-state index in [1.165, 1.54) is 12.1 Å². The van der Waals surface area contributed by atoms with E-state index >= 15 is 0 Å². The van der Waals surface area contributed by atoms with E-state index in [1.807, 2.05) is 24.3 Å². The molecule has 2 heterocycles. The molecule has 0 radical (unpaired) electrons. The van der Waals surface area contributed by atoms with Crippen LogP contribution in [0, 0.1) is 10.1 Å². The van der Waals surface area contributed by atoms with Crippen LogP contribution in [0.2, 0.25) is 0 Å². The van der Waals surface area contributed by atoms with Gasteiger partial charge in [0.25, 0.3) is 0 Å². The lowest BCUT2D eigenvalue weighted by molar-refractivity contribution is -0.380. The first-order valence-electron chi connectivity index (χ1n) is 6.70. The van der Waals surface area contributed by atoms with Crippen molar-refractivity contribution in [2.45, 2.75) is 0 Å². The monoisotopic (exact) mass is 325 g/mol. The quantitative estimate of drug-likeness (QED) is 0.448. The Balaban J connectivity index is 1.75. The molecule has 0 bridgehead atoms. The first kappa shape index (κ1) is 14.9. The number of carbonyl (C=O) groups is 1. The summed E-state index contributed by atoms with van der Waals surface area (Å²) in [4.78, 5) is 27.1. The fourth-order valence-corrected chi connectivity index (χ4v) is 2.79. The van der Waals surface area contributed by atoms with Crippen molar-refractivity contribution in [3.8, 4) is 0 Å². The zero-order valence-electron chi connectivity index (χ0n) is 11.8. The Bertz CT molecular complexity index is 912. The highest BCUT2D eigenvalue weighted by Crippen LogP contribution is 2.25. The van der Waals surface area contributed by atoms with Crippen LogP contribution in [-0.4, -0.2) is 15.8 Å². The van der Waals surface area contributed by atoms with Gasteiger partial charge in [-0.25, -0.2) is 0 Å². The number of pyridine rings is 1. The lowest BCUT2D eigenvalue weighted by Crippen LogP contribution is -2.08. The molecule has 0 aliphatic heterocycles. The molecular weight excluding hydrogens is 314 g/mol. The first-order chi connectivity index (χ1) is 11.1. The number of anilines is 1. The molecule has 0 atom stereocenters. The highest BCUT2D eigenvalue weighted by molar-refractivity contribution is 7.16. The van der Waals surface area contributed by atoms with Crippen LogP contribution in [-0.2, 0) is 4.79 Å². The van der Waals surface area contributed by atoms with Gasteiger partial charge in [0, 0.05) is 28.6 Å². The van der Waals surface area contributed by atoms with Crippen LogP contribution < -0.4 is 5.32 Å². The van der Waals surface area contributed by atoms with Crippen LogP contribution in [0.3, 0.4) is 0 Å². The molecule has 0 unspecified atom stereocenters. The molecular formula is C16H11N3O3S. The number of hydrogen-bond acceptors (Lipinski definition) is 5. The van der Waals surface area contributed by atoms with E-state index in [0.29, 0.717) is 16.1 Å². The third-order valence-corrected chi connectivity index (χ3v) is 4.08. The summed E-state index contributed by atoms with van der Waals surface area (Å²) in [6, 6.07) is 12.3. The Morgan fingerprint density at radius 1 is 1.22 bits per heavy atom. The summed E-state index contributed by atoms with van der Waals surface area (Å²) in [5.41, 5.74) is 1.33. The third kappa shape index (κ3) is 3.41. The predicted octanol–water partition coefficient (Wildman–Crippen LogP) is 3.86. The molecule has 0 aliphatic carbocycles. The average molecular weight is 325 g/mol. The smallest absolute Gasteiger partial charge is 0.321 e. The zero-order valence-corrected chi connectivity index (χ0v) is 12.6. The first-order valence-corrected chi connectivity index (χ1v) is 7.52. The summed E-state index contributed by atoms with van der Waals surface area (Å²) in [6.07, 6.45) is 4.56. The number of rotatable bonds is 4. The van der Waals surface area contributed by atoms with Gasteiger partial charge in [-0.3, -0.25) is 19.9 Å². The molecule has 0 saturated heterocycles. The molecule has 114 valence electrons. The van der Waals surface area contributed by atoms with Crippen LogP contribution >= 0.6 is 11.3 Å². The van der Waals surface area contributed by atoms with Gasteiger partial charge in [0.2, 0.25) is 5.91 Å². The van der Waals surface area contributed by atoms with Crippen LogP contribution in [0.15, 0.2) is 54.7 Å². The van der Waals surface area contributed by atoms with Crippen LogP contribution in [0.25, 0.3) is 17.0 Å². The number of fused-ring (bicyclic) bond motifs is 1. The van der Waals surface area contributed by atoms with Gasteiger partial charge in [-0.2, -0.15) is 0 Å². The Kier molecular flexibility index (Phi) is 4.11. The molecule has 3 aromatic rings. The van der Waals surface area contributed by atoms with Gasteiger partial charge in [0.05, 0.1) is 16.1 Å². The summed E-state index contributed by atoms with van der Waals surface area (Å²) in [5, 5.41) is 14.4. The summed E-state index contributed by atoms with van der Waals surface area (Å²) < 4.78 is 0. The van der Waals surface area contributed by atoms with Gasteiger partial charge < -0.3 is 5.32 Å². The van der Waals surface area contributed by atoms with Crippen molar-refractivity contribution < 1.29 is 9.72 Å². The van der Waals surface area contributed by atoms with Gasteiger partial charge in [0.15, 0.2) is 0 Å². The van der Waals surface area contributed by atoms with E-state index in [9.17, 15) is 14.9 Å². The molecule has 3 rings (SSSR count). The highest BCUT2D eigenvalue weighted by atomic mass is 32.1. The summed E-state index contributed by atoms with van der Waals surface area (Å²) in [5.74, 6) is -0.320. The summed E-state index contributed by atoms with van der Waals surface area (Å²) in [6.45, 7) is 0. The third-order valence-electron chi connectivity index (χ3n) is 3.08. The standard InChI is InChI=1S/C16H11N3O3S/c20-14(8-6-12-7-9-15(23-12)19(21)22)18-13-5-1-3-11-4-2-10-17-16(11)13/h1-10H,(H,18,20)/b8-6+. The van der Waals surface area contributed by atoms with Gasteiger partial charge in [-0.05, 0) is 24.3 Å². The number of amides is 1. The SMILES string of the molecule is O=C(/C=C/c1ccc([N+](=O)[O-])s1)Nc1cccc2cccnc12. The number of hydrogen-bond donors (Lipinski definition) is 1. The van der Waals surface area contributed by atoms with Gasteiger partial charge >= 0.3 is 5.00 Å². The topological polar surface area (TPSA) is 85.1 Å². The fraction of sp³-hybridized carbons (Fsp3) is 0. The van der Waals surface area contributed by atoms with Crippen LogP contribution in [0.4, 0.5) is 10.7 Å². The number of thiophene rings is 1. The lowest BCUT2D eigenvalue weighted by atomic mass is 10.2. The second-order valence-corrected chi connectivity index (χ2v) is 5.73. The van der Waals surface area contributed by atoms with E-state index in [2.05, 4.69) is 10.3 Å². The van der Waals surface area contributed by atoms with Crippen molar-refractivity contribution >= 4 is 44.9 Å². The molecule has 1 aromatic carbocycles. The number of carbonyl (C=O) groups excluding carboxylic acids is 1. The Labute approximate surface area is 135 Å². The molecule has 7 heteroatoms. The normalized spacial score (nSPS) is 11.0. The Morgan fingerprint density at radius 2 is 2.04 bits per heavy atom. The maximum absolute atomic E-state index is 12.0. The predicted molar refractivity (Wildman–Crippen MR) is 90.4 cm³/mol. The molecule has 0 fully saturated rings. The average Bonchev–Trinajstić information content (AvgIpc) is 3.03. The molecule has 6 nitrogen and oxygen atoms in total. The maximum atomic E-state index is 12.0. The van der Waals surface area contributed by atoms with Crippen molar-refractivity contribution in [3.05, 3.63) is 69.7 Å². The van der Waals surface area contributed by atoms with Crippen LogP contribution in [0.1, 0.15) is 4.88 Å². The van der Waals surface area contributed by atoms with Gasteiger partial charge in [0.1, 0.15) is 0 Å². The minimum absolute atomic E-state index is 0.0447. The second-order valence-electron chi connectivity index (χ2n) is 4.64. The fourth-order valence-electron chi connectivity index (χ4n) is 2.07. The minimum Gasteiger partial charge on any atom is -0.321 e. The summed E-state index contributed by atoms with van der Waals surface area (Å²) in [7, 11) is 0. The van der Waals surface area contributed by atoms with Crippen molar-refractivity contribution in [1.82, 2.24) is 4.98 Å². The van der Waals surface area contributed by atoms with Crippen molar-refractivity contribution in [1.29, 1.82) is 0 Å². The molecule has 1 N–H and O–H groups in total. The van der Waals surface area contributed by atoms with E-state index in [-0.39, 0.29) is 10.9 Å². The van der Waals surface area contributed by atoms with Gasteiger partial charge in [-0.15, -0.1) is 0 Å². The van der Waals surface area contributed by atoms with E-state index < -0.39 is 4.92 Å². The molecule has 2 aromatic heterocycles. The van der Waals surface area contributed by atoms with Crippen LogP contribution in [0.5, 0.6) is 0 Å². The second kappa shape index (κ2) is 6.37. The molecule has 0 aliphatic rings. The number of para-hydroxylation sites is 1. The minimum atomic E-state index is -0.455. The number of nitro groups is 1. The molecule has 23 heavy (non-hydrogen) atoms. The van der Waals surface area contributed by atoms with Gasteiger partial charge in [-0.1, -0.05) is 29.5 Å². The maximum Gasteiger partial charge on any atom is 0.324 e. The number of nitrogens with zero attached hydrogens (tertiary/aromatic N) is 2.